The number of likely N-dealkylation sites (N-methyl/N-ethyl adjacent to an activating group) is 1. The molecule has 1 saturated carbocycles. The first-order valence-electron chi connectivity index (χ1n) is 7.90. The molecule has 0 saturated heterocycles. The Morgan fingerprint density at radius 2 is 1.89 bits per heavy atom. The van der Waals surface area contributed by atoms with Gasteiger partial charge in [-0.1, -0.05) is 38.5 Å². The maximum absolute atomic E-state index is 3.75. The summed E-state index contributed by atoms with van der Waals surface area (Å²) in [6.45, 7) is 10.2. The minimum absolute atomic E-state index is 0.662. The first kappa shape index (κ1) is 14.6. The van der Waals surface area contributed by atoms with Crippen molar-refractivity contribution in [3.05, 3.63) is 34.9 Å². The van der Waals surface area contributed by atoms with E-state index in [1.54, 1.807) is 5.56 Å². The SMILES string of the molecule is CCNC(Cc1c(C)cccc1C)C1CCC(C)C1. The molecule has 0 aliphatic heterocycles. The van der Waals surface area contributed by atoms with Gasteiger partial charge < -0.3 is 5.32 Å². The maximum atomic E-state index is 3.75. The Morgan fingerprint density at radius 1 is 1.21 bits per heavy atom. The topological polar surface area (TPSA) is 12.0 Å². The molecule has 3 unspecified atom stereocenters. The van der Waals surface area contributed by atoms with E-state index < -0.39 is 0 Å². The van der Waals surface area contributed by atoms with Crippen LogP contribution in [0.1, 0.15) is 49.8 Å². The van der Waals surface area contributed by atoms with Crippen molar-refractivity contribution < 1.29 is 0 Å². The van der Waals surface area contributed by atoms with E-state index in [4.69, 9.17) is 0 Å². The summed E-state index contributed by atoms with van der Waals surface area (Å²) in [6.07, 6.45) is 5.43. The fraction of sp³-hybridized carbons (Fsp3) is 0.667. The van der Waals surface area contributed by atoms with Crippen LogP contribution >= 0.6 is 0 Å². The zero-order chi connectivity index (χ0) is 13.8. The number of rotatable bonds is 5. The lowest BCUT2D eigenvalue weighted by atomic mass is 9.88. The number of aryl methyl sites for hydroxylation is 2. The van der Waals surface area contributed by atoms with Crippen molar-refractivity contribution in [1.29, 1.82) is 0 Å². The quantitative estimate of drug-likeness (QED) is 0.833. The smallest absolute Gasteiger partial charge is 0.0136 e. The largest absolute Gasteiger partial charge is 0.314 e. The third kappa shape index (κ3) is 3.60. The molecule has 2 rings (SSSR count). The van der Waals surface area contributed by atoms with Gasteiger partial charge >= 0.3 is 0 Å². The van der Waals surface area contributed by atoms with Gasteiger partial charge in [0.05, 0.1) is 0 Å². The van der Waals surface area contributed by atoms with Gasteiger partial charge in [0.25, 0.3) is 0 Å². The van der Waals surface area contributed by atoms with Crippen molar-refractivity contribution in [3.8, 4) is 0 Å². The van der Waals surface area contributed by atoms with E-state index in [0.717, 1.165) is 18.4 Å². The molecular weight excluding hydrogens is 230 g/mol. The molecule has 1 fully saturated rings. The molecule has 3 atom stereocenters. The number of hydrogen-bond acceptors (Lipinski definition) is 1. The minimum Gasteiger partial charge on any atom is -0.314 e. The molecule has 0 aromatic heterocycles. The minimum atomic E-state index is 0.662. The average molecular weight is 259 g/mol. The molecular formula is C18H29N. The highest BCUT2D eigenvalue weighted by molar-refractivity contribution is 5.34. The fourth-order valence-electron chi connectivity index (χ4n) is 3.68. The summed E-state index contributed by atoms with van der Waals surface area (Å²) in [7, 11) is 0. The van der Waals surface area contributed by atoms with Gasteiger partial charge in [-0.25, -0.2) is 0 Å². The van der Waals surface area contributed by atoms with Crippen molar-refractivity contribution in [1.82, 2.24) is 5.32 Å². The zero-order valence-electron chi connectivity index (χ0n) is 13.0. The van der Waals surface area contributed by atoms with Gasteiger partial charge in [-0.15, -0.1) is 0 Å². The first-order chi connectivity index (χ1) is 9.11. The van der Waals surface area contributed by atoms with E-state index in [2.05, 4.69) is 51.2 Å². The fourth-order valence-corrected chi connectivity index (χ4v) is 3.68. The Kier molecular flexibility index (Phi) is 5.04. The van der Waals surface area contributed by atoms with Crippen LogP contribution in [0.5, 0.6) is 0 Å². The van der Waals surface area contributed by atoms with E-state index in [0.29, 0.717) is 6.04 Å². The number of nitrogens with one attached hydrogen (secondary N) is 1. The van der Waals surface area contributed by atoms with Crippen molar-refractivity contribution in [2.24, 2.45) is 11.8 Å². The van der Waals surface area contributed by atoms with Crippen molar-refractivity contribution >= 4 is 0 Å². The highest BCUT2D eigenvalue weighted by Crippen LogP contribution is 2.34. The lowest BCUT2D eigenvalue weighted by Crippen LogP contribution is -2.37. The summed E-state index contributed by atoms with van der Waals surface area (Å²) in [5, 5.41) is 3.75. The Hall–Kier alpha value is -0.820. The molecule has 1 aliphatic rings. The van der Waals surface area contributed by atoms with Crippen LogP contribution in [-0.4, -0.2) is 12.6 Å². The summed E-state index contributed by atoms with van der Waals surface area (Å²) >= 11 is 0. The van der Waals surface area contributed by atoms with Crippen LogP contribution in [0.15, 0.2) is 18.2 Å². The van der Waals surface area contributed by atoms with Crippen LogP contribution in [0, 0.1) is 25.7 Å². The second-order valence-corrected chi connectivity index (χ2v) is 6.42. The average Bonchev–Trinajstić information content (AvgIpc) is 2.79. The maximum Gasteiger partial charge on any atom is 0.0136 e. The van der Waals surface area contributed by atoms with Crippen LogP contribution in [0.25, 0.3) is 0 Å². The van der Waals surface area contributed by atoms with Crippen molar-refractivity contribution in [2.45, 2.75) is 59.4 Å². The standard InChI is InChI=1S/C18H29N/c1-5-19-18(16-10-9-13(2)11-16)12-17-14(3)7-6-8-15(17)4/h6-8,13,16,18-19H,5,9-12H2,1-4H3. The van der Waals surface area contributed by atoms with E-state index in [1.807, 2.05) is 0 Å². The lowest BCUT2D eigenvalue weighted by molar-refractivity contribution is 0.353. The predicted molar refractivity (Wildman–Crippen MR) is 83.6 cm³/mol. The van der Waals surface area contributed by atoms with E-state index >= 15 is 0 Å². The van der Waals surface area contributed by atoms with Crippen LogP contribution in [0.2, 0.25) is 0 Å². The van der Waals surface area contributed by atoms with Crippen LogP contribution in [0.4, 0.5) is 0 Å². The van der Waals surface area contributed by atoms with Crippen molar-refractivity contribution in [3.63, 3.8) is 0 Å². The molecule has 1 aliphatic carbocycles. The lowest BCUT2D eigenvalue weighted by Gasteiger charge is -2.26. The summed E-state index contributed by atoms with van der Waals surface area (Å²) < 4.78 is 0. The number of hydrogen-bond donors (Lipinski definition) is 1. The molecule has 0 bridgehead atoms. The van der Waals surface area contributed by atoms with E-state index in [9.17, 15) is 0 Å². The number of benzene rings is 1. The second-order valence-electron chi connectivity index (χ2n) is 6.42. The second kappa shape index (κ2) is 6.56. The van der Waals surface area contributed by atoms with Gasteiger partial charge in [0.2, 0.25) is 0 Å². The molecule has 1 nitrogen and oxygen atoms in total. The molecule has 0 heterocycles. The van der Waals surface area contributed by atoms with Gasteiger partial charge in [0.15, 0.2) is 0 Å². The van der Waals surface area contributed by atoms with Gasteiger partial charge in [-0.05, 0) is 68.2 Å². The Balaban J connectivity index is 2.12. The van der Waals surface area contributed by atoms with Gasteiger partial charge in [0.1, 0.15) is 0 Å². The molecule has 1 aromatic rings. The Morgan fingerprint density at radius 3 is 2.42 bits per heavy atom. The Labute approximate surface area is 118 Å². The van der Waals surface area contributed by atoms with Crippen LogP contribution in [0.3, 0.4) is 0 Å². The molecule has 1 N–H and O–H groups in total. The highest BCUT2D eigenvalue weighted by Gasteiger charge is 2.28. The highest BCUT2D eigenvalue weighted by atomic mass is 14.9. The molecule has 0 radical (unpaired) electrons. The van der Waals surface area contributed by atoms with Gasteiger partial charge in [-0.2, -0.15) is 0 Å². The van der Waals surface area contributed by atoms with E-state index in [-0.39, 0.29) is 0 Å². The molecule has 1 aromatic carbocycles. The third-order valence-corrected chi connectivity index (χ3v) is 4.84. The Bertz CT molecular complexity index is 390. The third-order valence-electron chi connectivity index (χ3n) is 4.84. The monoisotopic (exact) mass is 259 g/mol. The van der Waals surface area contributed by atoms with E-state index in [1.165, 1.54) is 36.8 Å². The molecule has 1 heteroatoms. The van der Waals surface area contributed by atoms with Crippen LogP contribution in [-0.2, 0) is 6.42 Å². The van der Waals surface area contributed by atoms with Crippen molar-refractivity contribution in [2.75, 3.05) is 6.54 Å². The van der Waals surface area contributed by atoms with Gasteiger partial charge in [-0.3, -0.25) is 0 Å². The summed E-state index contributed by atoms with van der Waals surface area (Å²) in [4.78, 5) is 0. The molecule has 106 valence electrons. The summed E-state index contributed by atoms with van der Waals surface area (Å²) in [6, 6.07) is 7.34. The molecule has 19 heavy (non-hydrogen) atoms. The summed E-state index contributed by atoms with van der Waals surface area (Å²) in [5.41, 5.74) is 4.47. The first-order valence-corrected chi connectivity index (χ1v) is 7.90. The predicted octanol–water partition coefficient (Wildman–Crippen LogP) is 4.26. The molecule has 0 spiro atoms. The van der Waals surface area contributed by atoms with Crippen LogP contribution < -0.4 is 5.32 Å². The summed E-state index contributed by atoms with van der Waals surface area (Å²) in [5.74, 6) is 1.79. The normalized spacial score (nSPS) is 24.6. The molecule has 0 amide bonds. The van der Waals surface area contributed by atoms with Gasteiger partial charge in [0, 0.05) is 6.04 Å². The zero-order valence-corrected chi connectivity index (χ0v) is 13.0.